The predicted molar refractivity (Wildman–Crippen MR) is 91.7 cm³/mol. The lowest BCUT2D eigenvalue weighted by Gasteiger charge is -2.10. The number of hydrogen-bond acceptors (Lipinski definition) is 7. The van der Waals surface area contributed by atoms with E-state index in [2.05, 4.69) is 5.32 Å². The van der Waals surface area contributed by atoms with Crippen LogP contribution in [0.2, 0.25) is 5.02 Å². The first kappa shape index (κ1) is 19.0. The van der Waals surface area contributed by atoms with Crippen LogP contribution in [0.25, 0.3) is 0 Å². The number of rotatable bonds is 6. The van der Waals surface area contributed by atoms with Gasteiger partial charge in [0.1, 0.15) is 17.1 Å². The summed E-state index contributed by atoms with van der Waals surface area (Å²) in [6.07, 6.45) is 0. The lowest BCUT2D eigenvalue weighted by molar-refractivity contribution is -0.384. The van der Waals surface area contributed by atoms with Gasteiger partial charge in [-0.1, -0.05) is 11.6 Å². The van der Waals surface area contributed by atoms with Gasteiger partial charge in [-0.3, -0.25) is 14.9 Å². The molecule has 2 aromatic carbocycles. The van der Waals surface area contributed by atoms with Gasteiger partial charge in [0.05, 0.1) is 23.8 Å². The molecule has 26 heavy (non-hydrogen) atoms. The fraction of sp³-hybridized carbons (Fsp3) is 0.125. The maximum Gasteiger partial charge on any atom is 0.342 e. The van der Waals surface area contributed by atoms with Crippen molar-refractivity contribution in [2.24, 2.45) is 0 Å². The summed E-state index contributed by atoms with van der Waals surface area (Å²) in [7, 11) is 1.29. The van der Waals surface area contributed by atoms with E-state index in [0.717, 1.165) is 6.07 Å². The standard InChI is InChI=1S/C16H13ClN2O7/c1-25-14-7-10(19(23)24)3-4-12(14)18-15(21)8-26-16(22)11-6-9(17)2-5-13(11)20/h2-7,20H,8H2,1H3,(H,18,21). The summed E-state index contributed by atoms with van der Waals surface area (Å²) >= 11 is 5.74. The Morgan fingerprint density at radius 2 is 2.00 bits per heavy atom. The first-order valence-electron chi connectivity index (χ1n) is 7.09. The fourth-order valence-corrected chi connectivity index (χ4v) is 2.14. The van der Waals surface area contributed by atoms with Gasteiger partial charge in [-0.05, 0) is 24.3 Å². The molecule has 1 amide bonds. The van der Waals surface area contributed by atoms with Crippen LogP contribution in [0.4, 0.5) is 11.4 Å². The number of carbonyl (C=O) groups is 2. The van der Waals surface area contributed by atoms with Crippen molar-refractivity contribution in [1.29, 1.82) is 0 Å². The number of non-ortho nitro benzene ring substituents is 1. The molecule has 136 valence electrons. The van der Waals surface area contributed by atoms with E-state index in [-0.39, 0.29) is 33.5 Å². The zero-order valence-electron chi connectivity index (χ0n) is 13.4. The van der Waals surface area contributed by atoms with Crippen LogP contribution in [-0.2, 0) is 9.53 Å². The highest BCUT2D eigenvalue weighted by Gasteiger charge is 2.17. The number of phenols is 1. The Hall–Kier alpha value is -3.33. The zero-order valence-corrected chi connectivity index (χ0v) is 14.1. The van der Waals surface area contributed by atoms with Crippen LogP contribution in [-0.4, -0.2) is 35.6 Å². The Bertz CT molecular complexity index is 870. The summed E-state index contributed by atoms with van der Waals surface area (Å²) in [5.74, 6) is -1.90. The van der Waals surface area contributed by atoms with E-state index in [4.69, 9.17) is 21.1 Å². The Kier molecular flexibility index (Phi) is 5.97. The quantitative estimate of drug-likeness (QED) is 0.448. The second kappa shape index (κ2) is 8.17. The van der Waals surface area contributed by atoms with Crippen LogP contribution in [0.1, 0.15) is 10.4 Å². The van der Waals surface area contributed by atoms with Gasteiger partial charge in [-0.25, -0.2) is 4.79 Å². The van der Waals surface area contributed by atoms with Crippen LogP contribution in [0, 0.1) is 10.1 Å². The minimum atomic E-state index is -0.934. The average Bonchev–Trinajstić information content (AvgIpc) is 2.61. The molecule has 0 spiro atoms. The molecule has 0 aromatic heterocycles. The number of hydrogen-bond donors (Lipinski definition) is 2. The van der Waals surface area contributed by atoms with Crippen LogP contribution >= 0.6 is 11.6 Å². The lowest BCUT2D eigenvalue weighted by Crippen LogP contribution is -2.21. The fourth-order valence-electron chi connectivity index (χ4n) is 1.96. The number of ether oxygens (including phenoxy) is 2. The van der Waals surface area contributed by atoms with Gasteiger partial charge in [0.2, 0.25) is 0 Å². The number of nitro benzene ring substituents is 1. The first-order valence-corrected chi connectivity index (χ1v) is 7.47. The third-order valence-corrected chi connectivity index (χ3v) is 3.42. The van der Waals surface area contributed by atoms with Gasteiger partial charge in [0, 0.05) is 11.1 Å². The molecule has 0 aliphatic rings. The van der Waals surface area contributed by atoms with Crippen molar-refractivity contribution >= 4 is 34.9 Å². The smallest absolute Gasteiger partial charge is 0.342 e. The van der Waals surface area contributed by atoms with Crippen LogP contribution < -0.4 is 10.1 Å². The third kappa shape index (κ3) is 4.61. The summed E-state index contributed by atoms with van der Waals surface area (Å²) in [5.41, 5.74) is -0.217. The zero-order chi connectivity index (χ0) is 19.3. The summed E-state index contributed by atoms with van der Waals surface area (Å²) in [4.78, 5) is 34.0. The summed E-state index contributed by atoms with van der Waals surface area (Å²) in [6, 6.07) is 7.44. The van der Waals surface area contributed by atoms with Crippen molar-refractivity contribution in [3.8, 4) is 11.5 Å². The Balaban J connectivity index is 2.02. The molecule has 9 nitrogen and oxygen atoms in total. The van der Waals surface area contributed by atoms with E-state index >= 15 is 0 Å². The summed E-state index contributed by atoms with van der Waals surface area (Å²) < 4.78 is 9.80. The van der Waals surface area contributed by atoms with Gasteiger partial charge in [-0.15, -0.1) is 0 Å². The van der Waals surface area contributed by atoms with Crippen molar-refractivity contribution in [2.45, 2.75) is 0 Å². The number of phenolic OH excluding ortho intramolecular Hbond substituents is 1. The molecule has 0 unspecified atom stereocenters. The largest absolute Gasteiger partial charge is 0.507 e. The molecule has 0 radical (unpaired) electrons. The number of halogens is 1. The number of nitro groups is 1. The van der Waals surface area contributed by atoms with Crippen LogP contribution in [0.3, 0.4) is 0 Å². The highest BCUT2D eigenvalue weighted by atomic mass is 35.5. The second-order valence-electron chi connectivity index (χ2n) is 4.93. The van der Waals surface area contributed by atoms with E-state index in [0.29, 0.717) is 0 Å². The first-order chi connectivity index (χ1) is 12.3. The molecule has 2 N–H and O–H groups in total. The average molecular weight is 381 g/mol. The number of benzene rings is 2. The molecule has 0 saturated carbocycles. The predicted octanol–water partition coefficient (Wildman–Crippen LogP) is 2.76. The van der Waals surface area contributed by atoms with E-state index in [9.17, 15) is 24.8 Å². The minimum Gasteiger partial charge on any atom is -0.507 e. The maximum absolute atomic E-state index is 11.9. The lowest BCUT2D eigenvalue weighted by atomic mass is 10.2. The Labute approximate surface area is 152 Å². The van der Waals surface area contributed by atoms with Crippen LogP contribution in [0.5, 0.6) is 11.5 Å². The molecule has 0 aliphatic heterocycles. The number of methoxy groups -OCH3 is 1. The summed E-state index contributed by atoms with van der Waals surface area (Å²) in [6.45, 7) is -0.648. The van der Waals surface area contributed by atoms with Crippen LogP contribution in [0.15, 0.2) is 36.4 Å². The number of nitrogens with zero attached hydrogens (tertiary/aromatic N) is 1. The van der Waals surface area contributed by atoms with E-state index < -0.39 is 23.4 Å². The molecule has 0 aliphatic carbocycles. The molecular weight excluding hydrogens is 368 g/mol. The van der Waals surface area contributed by atoms with E-state index in [1.807, 2.05) is 0 Å². The maximum atomic E-state index is 11.9. The van der Waals surface area contributed by atoms with E-state index in [1.54, 1.807) is 0 Å². The van der Waals surface area contributed by atoms with Crippen molar-refractivity contribution in [1.82, 2.24) is 0 Å². The third-order valence-electron chi connectivity index (χ3n) is 3.18. The number of amides is 1. The molecule has 0 heterocycles. The van der Waals surface area contributed by atoms with Gasteiger partial charge in [0.15, 0.2) is 6.61 Å². The molecule has 0 bridgehead atoms. The van der Waals surface area contributed by atoms with Gasteiger partial charge in [-0.2, -0.15) is 0 Å². The number of aromatic hydroxyl groups is 1. The van der Waals surface area contributed by atoms with Crippen molar-refractivity contribution in [3.05, 3.63) is 57.1 Å². The van der Waals surface area contributed by atoms with Crippen molar-refractivity contribution < 1.29 is 29.1 Å². The molecule has 2 rings (SSSR count). The van der Waals surface area contributed by atoms with Gasteiger partial charge < -0.3 is 19.9 Å². The molecule has 10 heteroatoms. The number of nitrogens with one attached hydrogen (secondary N) is 1. The van der Waals surface area contributed by atoms with Crippen molar-refractivity contribution in [2.75, 3.05) is 19.0 Å². The minimum absolute atomic E-state index is 0.0753. The Morgan fingerprint density at radius 3 is 2.65 bits per heavy atom. The van der Waals surface area contributed by atoms with E-state index in [1.165, 1.54) is 37.4 Å². The molecule has 0 atom stereocenters. The Morgan fingerprint density at radius 1 is 1.27 bits per heavy atom. The van der Waals surface area contributed by atoms with Crippen molar-refractivity contribution in [3.63, 3.8) is 0 Å². The topological polar surface area (TPSA) is 128 Å². The normalized spacial score (nSPS) is 10.1. The molecule has 2 aromatic rings. The number of anilines is 1. The molecular formula is C16H13ClN2O7. The second-order valence-corrected chi connectivity index (χ2v) is 5.36. The number of esters is 1. The monoisotopic (exact) mass is 380 g/mol. The molecule has 0 saturated heterocycles. The molecule has 0 fully saturated rings. The van der Waals surface area contributed by atoms with Gasteiger partial charge in [0.25, 0.3) is 11.6 Å². The summed E-state index contributed by atoms with van der Waals surface area (Å²) in [5, 5.41) is 23.0. The number of carbonyl (C=O) groups excluding carboxylic acids is 2. The highest BCUT2D eigenvalue weighted by Crippen LogP contribution is 2.29. The SMILES string of the molecule is COc1cc([N+](=O)[O-])ccc1NC(=O)COC(=O)c1cc(Cl)ccc1O. The van der Waals surface area contributed by atoms with Gasteiger partial charge >= 0.3 is 5.97 Å². The highest BCUT2D eigenvalue weighted by molar-refractivity contribution is 6.31.